The van der Waals surface area contributed by atoms with Gasteiger partial charge in [0.25, 0.3) is 5.91 Å². The molecular formula is C29H30N4O3S. The lowest BCUT2D eigenvalue weighted by Gasteiger charge is -2.34. The average Bonchev–Trinajstić information content (AvgIpc) is 3.41. The molecule has 1 aliphatic rings. The first-order valence-corrected chi connectivity index (χ1v) is 13.5. The van der Waals surface area contributed by atoms with Gasteiger partial charge in [0.2, 0.25) is 11.0 Å². The van der Waals surface area contributed by atoms with E-state index in [4.69, 9.17) is 4.74 Å². The second kappa shape index (κ2) is 11.5. The molecule has 1 N–H and O–H groups in total. The molecule has 0 radical (unpaired) electrons. The molecule has 1 heterocycles. The Morgan fingerprint density at radius 3 is 2.62 bits per heavy atom. The number of rotatable bonds is 8. The molecule has 0 aliphatic heterocycles. The van der Waals surface area contributed by atoms with Crippen LogP contribution in [0.4, 0.5) is 5.13 Å². The van der Waals surface area contributed by atoms with Crippen molar-refractivity contribution in [3.63, 3.8) is 0 Å². The van der Waals surface area contributed by atoms with Crippen LogP contribution in [0.5, 0.6) is 5.75 Å². The van der Waals surface area contributed by atoms with Crippen LogP contribution in [0.15, 0.2) is 66.7 Å². The number of amides is 2. The Bertz CT molecular complexity index is 1390. The molecule has 190 valence electrons. The summed E-state index contributed by atoms with van der Waals surface area (Å²) >= 11 is 1.31. The summed E-state index contributed by atoms with van der Waals surface area (Å²) in [6.07, 6.45) is 5.54. The summed E-state index contributed by atoms with van der Waals surface area (Å²) in [6.45, 7) is 0.361. The van der Waals surface area contributed by atoms with Gasteiger partial charge in [-0.3, -0.25) is 9.59 Å². The van der Waals surface area contributed by atoms with Crippen molar-refractivity contribution in [1.29, 1.82) is 0 Å². The van der Waals surface area contributed by atoms with Gasteiger partial charge in [-0.2, -0.15) is 0 Å². The van der Waals surface area contributed by atoms with Crippen molar-refractivity contribution in [3.05, 3.63) is 72.3 Å². The van der Waals surface area contributed by atoms with E-state index in [9.17, 15) is 9.59 Å². The number of nitrogens with one attached hydrogen (secondary N) is 1. The molecule has 0 unspecified atom stereocenters. The van der Waals surface area contributed by atoms with E-state index < -0.39 is 0 Å². The maximum Gasteiger partial charge on any atom is 0.254 e. The summed E-state index contributed by atoms with van der Waals surface area (Å²) in [5.74, 6) is 0.546. The summed E-state index contributed by atoms with van der Waals surface area (Å²) in [5.41, 5.74) is 1.57. The highest BCUT2D eigenvalue weighted by Gasteiger charge is 2.27. The van der Waals surface area contributed by atoms with Crippen molar-refractivity contribution < 1.29 is 14.3 Å². The Labute approximate surface area is 220 Å². The minimum atomic E-state index is -0.181. The Balaban J connectivity index is 1.29. The molecule has 7 nitrogen and oxygen atoms in total. The Morgan fingerprint density at radius 1 is 1.00 bits per heavy atom. The predicted molar refractivity (Wildman–Crippen MR) is 147 cm³/mol. The smallest absolute Gasteiger partial charge is 0.254 e. The van der Waals surface area contributed by atoms with Crippen molar-refractivity contribution in [3.8, 4) is 16.3 Å². The van der Waals surface area contributed by atoms with Gasteiger partial charge in [0.1, 0.15) is 10.8 Å². The Hall–Kier alpha value is -3.78. The molecule has 1 saturated carbocycles. The van der Waals surface area contributed by atoms with Crippen molar-refractivity contribution in [2.24, 2.45) is 0 Å². The summed E-state index contributed by atoms with van der Waals surface area (Å²) in [4.78, 5) is 28.6. The monoisotopic (exact) mass is 514 g/mol. The van der Waals surface area contributed by atoms with E-state index >= 15 is 0 Å². The van der Waals surface area contributed by atoms with Crippen molar-refractivity contribution in [2.45, 2.75) is 44.6 Å². The van der Waals surface area contributed by atoms with Crippen molar-refractivity contribution >= 4 is 39.1 Å². The Kier molecular flexibility index (Phi) is 7.75. The Morgan fingerprint density at radius 2 is 1.78 bits per heavy atom. The number of hydrogen-bond acceptors (Lipinski definition) is 6. The van der Waals surface area contributed by atoms with Gasteiger partial charge in [0, 0.05) is 30.1 Å². The van der Waals surface area contributed by atoms with Gasteiger partial charge < -0.3 is 15.0 Å². The molecule has 4 aromatic rings. The summed E-state index contributed by atoms with van der Waals surface area (Å²) in [7, 11) is 1.62. The molecule has 5 rings (SSSR count). The molecule has 1 aliphatic carbocycles. The minimum absolute atomic E-state index is 0.00673. The van der Waals surface area contributed by atoms with Crippen LogP contribution < -0.4 is 10.1 Å². The number of fused-ring (bicyclic) bond motifs is 1. The third kappa shape index (κ3) is 5.80. The van der Waals surface area contributed by atoms with E-state index in [2.05, 4.69) is 15.5 Å². The average molecular weight is 515 g/mol. The molecule has 2 amide bonds. The van der Waals surface area contributed by atoms with Gasteiger partial charge in [0.15, 0.2) is 0 Å². The normalized spacial score (nSPS) is 13.9. The first kappa shape index (κ1) is 24.9. The van der Waals surface area contributed by atoms with Crippen LogP contribution in [0.25, 0.3) is 21.3 Å². The highest BCUT2D eigenvalue weighted by molar-refractivity contribution is 7.18. The molecule has 0 bridgehead atoms. The van der Waals surface area contributed by atoms with E-state index in [1.807, 2.05) is 71.6 Å². The third-order valence-electron chi connectivity index (χ3n) is 6.86. The van der Waals surface area contributed by atoms with Crippen LogP contribution in [0, 0.1) is 0 Å². The first-order valence-electron chi connectivity index (χ1n) is 12.7. The lowest BCUT2D eigenvalue weighted by Crippen LogP contribution is -2.43. The minimum Gasteiger partial charge on any atom is -0.497 e. The largest absolute Gasteiger partial charge is 0.497 e. The van der Waals surface area contributed by atoms with Gasteiger partial charge in [-0.1, -0.05) is 79.1 Å². The predicted octanol–water partition coefficient (Wildman–Crippen LogP) is 6.17. The molecule has 0 saturated heterocycles. The molecular weight excluding hydrogens is 484 g/mol. The number of anilines is 1. The first-order chi connectivity index (χ1) is 18.1. The van der Waals surface area contributed by atoms with Crippen LogP contribution in [-0.2, 0) is 4.79 Å². The molecule has 0 atom stereocenters. The fraction of sp³-hybridized carbons (Fsp3) is 0.310. The molecule has 1 aromatic heterocycles. The molecule has 37 heavy (non-hydrogen) atoms. The number of ether oxygens (including phenoxy) is 1. The standard InChI is InChI=1S/C29H30N4O3S/c1-36-23-14-7-11-21(19-23)27-31-32-29(37-27)30-26(34)17-18-33(22-12-3-2-4-13-22)28(35)25-16-8-10-20-9-5-6-15-24(20)25/h5-11,14-16,19,22H,2-4,12-13,17-18H2,1H3,(H,30,32,34). The molecule has 0 spiro atoms. The highest BCUT2D eigenvalue weighted by atomic mass is 32.1. The fourth-order valence-electron chi connectivity index (χ4n) is 4.96. The lowest BCUT2D eigenvalue weighted by molar-refractivity contribution is -0.116. The number of carbonyl (C=O) groups is 2. The number of methoxy groups -OCH3 is 1. The zero-order valence-corrected chi connectivity index (χ0v) is 21.7. The quantitative estimate of drug-likeness (QED) is 0.304. The van der Waals surface area contributed by atoms with Gasteiger partial charge in [-0.05, 0) is 41.8 Å². The maximum absolute atomic E-state index is 13.8. The molecule has 8 heteroatoms. The lowest BCUT2D eigenvalue weighted by atomic mass is 9.93. The van der Waals surface area contributed by atoms with E-state index in [1.54, 1.807) is 7.11 Å². The van der Waals surface area contributed by atoms with E-state index in [0.29, 0.717) is 22.2 Å². The van der Waals surface area contributed by atoms with E-state index in [1.165, 1.54) is 17.8 Å². The summed E-state index contributed by atoms with van der Waals surface area (Å²) < 4.78 is 5.28. The number of benzene rings is 3. The summed E-state index contributed by atoms with van der Waals surface area (Å²) in [5, 5.41) is 14.3. The molecule has 1 fully saturated rings. The SMILES string of the molecule is COc1cccc(-c2nnc(NC(=O)CCN(C(=O)c3cccc4ccccc34)C3CCCCC3)s2)c1. The van der Waals surface area contributed by atoms with Gasteiger partial charge in [-0.15, -0.1) is 10.2 Å². The van der Waals surface area contributed by atoms with Crippen molar-refractivity contribution in [2.75, 3.05) is 19.0 Å². The van der Waals surface area contributed by atoms with Crippen LogP contribution in [-0.4, -0.2) is 46.6 Å². The van der Waals surface area contributed by atoms with Gasteiger partial charge in [0.05, 0.1) is 7.11 Å². The zero-order chi connectivity index (χ0) is 25.6. The summed E-state index contributed by atoms with van der Waals surface area (Å²) in [6, 6.07) is 21.5. The number of aromatic nitrogens is 2. The van der Waals surface area contributed by atoms with Crippen LogP contribution in [0.1, 0.15) is 48.9 Å². The number of nitrogens with zero attached hydrogens (tertiary/aromatic N) is 3. The number of hydrogen-bond donors (Lipinski definition) is 1. The van der Waals surface area contributed by atoms with Gasteiger partial charge in [-0.25, -0.2) is 0 Å². The number of carbonyl (C=O) groups excluding carboxylic acids is 2. The van der Waals surface area contributed by atoms with Crippen molar-refractivity contribution in [1.82, 2.24) is 15.1 Å². The zero-order valence-electron chi connectivity index (χ0n) is 20.9. The van der Waals surface area contributed by atoms with E-state index in [0.717, 1.165) is 47.8 Å². The van der Waals surface area contributed by atoms with E-state index in [-0.39, 0.29) is 24.3 Å². The van der Waals surface area contributed by atoms with Crippen LogP contribution >= 0.6 is 11.3 Å². The second-order valence-electron chi connectivity index (χ2n) is 9.26. The topological polar surface area (TPSA) is 84.4 Å². The third-order valence-corrected chi connectivity index (χ3v) is 7.75. The fourth-order valence-corrected chi connectivity index (χ4v) is 5.72. The second-order valence-corrected chi connectivity index (χ2v) is 10.2. The highest BCUT2D eigenvalue weighted by Crippen LogP contribution is 2.30. The van der Waals surface area contributed by atoms with Crippen LogP contribution in [0.2, 0.25) is 0 Å². The van der Waals surface area contributed by atoms with Gasteiger partial charge >= 0.3 is 0 Å². The molecule has 3 aromatic carbocycles. The maximum atomic E-state index is 13.8. The van der Waals surface area contributed by atoms with Crippen LogP contribution in [0.3, 0.4) is 0 Å².